The normalized spacial score (nSPS) is 12.6. The van der Waals surface area contributed by atoms with Gasteiger partial charge in [0.15, 0.2) is 0 Å². The third-order valence-corrected chi connectivity index (χ3v) is 5.03. The van der Waals surface area contributed by atoms with E-state index in [2.05, 4.69) is 17.6 Å². The van der Waals surface area contributed by atoms with Crippen molar-refractivity contribution in [3.05, 3.63) is 37.7 Å². The number of halogens is 1. The third kappa shape index (κ3) is 2.88. The molecule has 0 amide bonds. The molecule has 0 aromatic carbocycles. The SMILES string of the molecule is CCCNC(c1sccc1Cl)c1sccc1OC. The number of rotatable bonds is 6. The highest BCUT2D eigenvalue weighted by Gasteiger charge is 2.22. The highest BCUT2D eigenvalue weighted by Crippen LogP contribution is 2.39. The number of hydrogen-bond acceptors (Lipinski definition) is 4. The zero-order valence-electron chi connectivity index (χ0n) is 10.4. The van der Waals surface area contributed by atoms with Crippen molar-refractivity contribution in [3.8, 4) is 5.75 Å². The number of nitrogens with one attached hydrogen (secondary N) is 1. The average molecular weight is 302 g/mol. The van der Waals surface area contributed by atoms with Crippen molar-refractivity contribution in [1.29, 1.82) is 0 Å². The molecule has 0 aliphatic heterocycles. The lowest BCUT2D eigenvalue weighted by Gasteiger charge is -2.17. The van der Waals surface area contributed by atoms with Crippen LogP contribution in [0, 0.1) is 0 Å². The summed E-state index contributed by atoms with van der Waals surface area (Å²) in [6.45, 7) is 3.12. The zero-order valence-corrected chi connectivity index (χ0v) is 12.8. The third-order valence-electron chi connectivity index (χ3n) is 2.64. The summed E-state index contributed by atoms with van der Waals surface area (Å²) in [6.07, 6.45) is 1.09. The van der Waals surface area contributed by atoms with E-state index in [1.807, 2.05) is 17.5 Å². The molecule has 0 aliphatic carbocycles. The van der Waals surface area contributed by atoms with Crippen molar-refractivity contribution in [3.63, 3.8) is 0 Å². The van der Waals surface area contributed by atoms with Gasteiger partial charge in [0.25, 0.3) is 0 Å². The summed E-state index contributed by atoms with van der Waals surface area (Å²) in [7, 11) is 1.71. The molecule has 2 aromatic rings. The van der Waals surface area contributed by atoms with Crippen molar-refractivity contribution in [2.75, 3.05) is 13.7 Å². The minimum Gasteiger partial charge on any atom is -0.496 e. The van der Waals surface area contributed by atoms with E-state index in [4.69, 9.17) is 16.3 Å². The summed E-state index contributed by atoms with van der Waals surface area (Å²) in [4.78, 5) is 2.35. The number of methoxy groups -OCH3 is 1. The lowest BCUT2D eigenvalue weighted by Crippen LogP contribution is -2.22. The van der Waals surface area contributed by atoms with Gasteiger partial charge in [-0.1, -0.05) is 18.5 Å². The van der Waals surface area contributed by atoms with Crippen LogP contribution in [-0.4, -0.2) is 13.7 Å². The van der Waals surface area contributed by atoms with Crippen LogP contribution in [0.1, 0.15) is 29.1 Å². The molecule has 98 valence electrons. The van der Waals surface area contributed by atoms with Gasteiger partial charge >= 0.3 is 0 Å². The molecule has 18 heavy (non-hydrogen) atoms. The fraction of sp³-hybridized carbons (Fsp3) is 0.385. The molecule has 0 radical (unpaired) electrons. The van der Waals surface area contributed by atoms with E-state index in [0.29, 0.717) is 0 Å². The zero-order chi connectivity index (χ0) is 13.0. The molecule has 2 heterocycles. The molecule has 0 saturated carbocycles. The molecule has 5 heteroatoms. The lowest BCUT2D eigenvalue weighted by molar-refractivity contribution is 0.407. The Morgan fingerprint density at radius 3 is 2.61 bits per heavy atom. The van der Waals surface area contributed by atoms with E-state index in [9.17, 15) is 0 Å². The molecule has 0 fully saturated rings. The Morgan fingerprint density at radius 2 is 2.00 bits per heavy atom. The fourth-order valence-corrected chi connectivity index (χ4v) is 4.06. The predicted molar refractivity (Wildman–Crippen MR) is 80.3 cm³/mol. The van der Waals surface area contributed by atoms with Crippen LogP contribution in [0.4, 0.5) is 0 Å². The maximum atomic E-state index is 6.26. The van der Waals surface area contributed by atoms with Crippen molar-refractivity contribution in [1.82, 2.24) is 5.32 Å². The standard InChI is InChI=1S/C13H16ClNOS2/c1-3-6-15-11(12-9(14)4-7-17-12)13-10(16-2)5-8-18-13/h4-5,7-8,11,15H,3,6H2,1-2H3. The number of hydrogen-bond donors (Lipinski definition) is 1. The van der Waals surface area contributed by atoms with Crippen molar-refractivity contribution < 1.29 is 4.74 Å². The van der Waals surface area contributed by atoms with E-state index in [0.717, 1.165) is 28.6 Å². The highest BCUT2D eigenvalue weighted by atomic mass is 35.5. The van der Waals surface area contributed by atoms with Gasteiger partial charge in [0.1, 0.15) is 5.75 Å². The molecule has 1 N–H and O–H groups in total. The maximum absolute atomic E-state index is 6.26. The van der Waals surface area contributed by atoms with E-state index >= 15 is 0 Å². The van der Waals surface area contributed by atoms with Gasteiger partial charge < -0.3 is 10.1 Å². The summed E-state index contributed by atoms with van der Waals surface area (Å²) >= 11 is 9.64. The molecule has 2 rings (SSSR count). The van der Waals surface area contributed by atoms with Gasteiger partial charge in [0.2, 0.25) is 0 Å². The second kappa shape index (κ2) is 6.57. The first-order chi connectivity index (χ1) is 8.77. The van der Waals surface area contributed by atoms with Crippen LogP contribution in [0.3, 0.4) is 0 Å². The Morgan fingerprint density at radius 1 is 1.28 bits per heavy atom. The molecule has 0 spiro atoms. The molecular formula is C13H16ClNOS2. The molecule has 0 saturated heterocycles. The van der Waals surface area contributed by atoms with Crippen molar-refractivity contribution >= 4 is 34.3 Å². The Kier molecular flexibility index (Phi) is 5.06. The Hall–Kier alpha value is -0.550. The maximum Gasteiger partial charge on any atom is 0.134 e. The van der Waals surface area contributed by atoms with Gasteiger partial charge in [0.05, 0.1) is 23.1 Å². The van der Waals surface area contributed by atoms with E-state index < -0.39 is 0 Å². The topological polar surface area (TPSA) is 21.3 Å². The largest absolute Gasteiger partial charge is 0.496 e. The molecule has 1 atom stereocenters. The minimum atomic E-state index is 0.132. The van der Waals surface area contributed by atoms with Crippen LogP contribution >= 0.6 is 34.3 Å². The van der Waals surface area contributed by atoms with Crippen molar-refractivity contribution in [2.45, 2.75) is 19.4 Å². The monoisotopic (exact) mass is 301 g/mol. The van der Waals surface area contributed by atoms with Gasteiger partial charge in [-0.3, -0.25) is 0 Å². The quantitative estimate of drug-likeness (QED) is 0.844. The molecule has 2 aromatic heterocycles. The smallest absolute Gasteiger partial charge is 0.134 e. The summed E-state index contributed by atoms with van der Waals surface area (Å²) in [5.74, 6) is 0.929. The van der Waals surface area contributed by atoms with Gasteiger partial charge in [-0.15, -0.1) is 22.7 Å². The van der Waals surface area contributed by atoms with Crippen LogP contribution in [0.5, 0.6) is 5.75 Å². The lowest BCUT2D eigenvalue weighted by atomic mass is 10.2. The summed E-state index contributed by atoms with van der Waals surface area (Å²) < 4.78 is 5.42. The number of thiophene rings is 2. The Balaban J connectivity index is 2.34. The van der Waals surface area contributed by atoms with E-state index in [-0.39, 0.29) is 6.04 Å². The minimum absolute atomic E-state index is 0.132. The van der Waals surface area contributed by atoms with Crippen molar-refractivity contribution in [2.24, 2.45) is 0 Å². The summed E-state index contributed by atoms with van der Waals surface area (Å²) in [6, 6.07) is 4.08. The second-order valence-corrected chi connectivity index (χ2v) is 6.18. The molecule has 0 aliphatic rings. The first-order valence-electron chi connectivity index (χ1n) is 5.85. The average Bonchev–Trinajstić information content (AvgIpc) is 2.99. The molecular weight excluding hydrogens is 286 g/mol. The Bertz CT molecular complexity index is 495. The van der Waals surface area contributed by atoms with E-state index in [1.54, 1.807) is 29.8 Å². The van der Waals surface area contributed by atoms with Crippen LogP contribution in [-0.2, 0) is 0 Å². The van der Waals surface area contributed by atoms with Gasteiger partial charge in [0, 0.05) is 4.88 Å². The van der Waals surface area contributed by atoms with Crippen LogP contribution in [0.15, 0.2) is 22.9 Å². The van der Waals surface area contributed by atoms with Gasteiger partial charge in [-0.05, 0) is 35.9 Å². The van der Waals surface area contributed by atoms with Crippen LogP contribution in [0.25, 0.3) is 0 Å². The highest BCUT2D eigenvalue weighted by molar-refractivity contribution is 7.12. The Labute approximate surface area is 121 Å². The second-order valence-electron chi connectivity index (χ2n) is 3.87. The predicted octanol–water partition coefficient (Wildman–Crippen LogP) is 4.56. The summed E-state index contributed by atoms with van der Waals surface area (Å²) in [5.41, 5.74) is 0. The summed E-state index contributed by atoms with van der Waals surface area (Å²) in [5, 5.41) is 8.45. The number of ether oxygens (including phenoxy) is 1. The van der Waals surface area contributed by atoms with E-state index in [1.165, 1.54) is 4.88 Å². The fourth-order valence-electron chi connectivity index (χ4n) is 1.79. The first-order valence-corrected chi connectivity index (χ1v) is 7.99. The molecule has 2 nitrogen and oxygen atoms in total. The van der Waals surface area contributed by atoms with Crippen LogP contribution in [0.2, 0.25) is 5.02 Å². The molecule has 1 unspecified atom stereocenters. The first kappa shape index (κ1) is 13.9. The van der Waals surface area contributed by atoms with Gasteiger partial charge in [-0.2, -0.15) is 0 Å². The van der Waals surface area contributed by atoms with Crippen LogP contribution < -0.4 is 10.1 Å². The van der Waals surface area contributed by atoms with Gasteiger partial charge in [-0.25, -0.2) is 0 Å². The molecule has 0 bridgehead atoms.